The Labute approximate surface area is 139 Å². The molecular weight excluding hydrogens is 284 g/mol. The third-order valence-electron chi connectivity index (χ3n) is 4.61. The molecular formula is C19H28N4. The summed E-state index contributed by atoms with van der Waals surface area (Å²) in [6.45, 7) is 10.7. The molecule has 0 bridgehead atoms. The van der Waals surface area contributed by atoms with Crippen molar-refractivity contribution in [2.75, 3.05) is 18.0 Å². The molecule has 23 heavy (non-hydrogen) atoms. The molecule has 1 aromatic heterocycles. The highest BCUT2D eigenvalue weighted by Crippen LogP contribution is 2.22. The fourth-order valence-electron chi connectivity index (χ4n) is 3.46. The van der Waals surface area contributed by atoms with Crippen molar-refractivity contribution in [3.63, 3.8) is 0 Å². The lowest BCUT2D eigenvalue weighted by Crippen LogP contribution is -2.35. The molecule has 0 unspecified atom stereocenters. The Morgan fingerprint density at radius 1 is 1.13 bits per heavy atom. The topological polar surface area (TPSA) is 41.1 Å². The minimum absolute atomic E-state index is 0.550. The summed E-state index contributed by atoms with van der Waals surface area (Å²) in [5, 5.41) is 4.84. The van der Waals surface area contributed by atoms with Gasteiger partial charge in [0.1, 0.15) is 0 Å². The van der Waals surface area contributed by atoms with Crippen LogP contribution in [0, 0.1) is 13.8 Å². The maximum Gasteiger partial charge on any atom is 0.226 e. The molecule has 0 spiro atoms. The van der Waals surface area contributed by atoms with Crippen molar-refractivity contribution in [3.05, 3.63) is 29.5 Å². The SMILES string of the molecule is Cc1ccc2c(C)nc(N3CCC[C@@H](NC(C)C)CC3)nc2c1. The van der Waals surface area contributed by atoms with Crippen LogP contribution in [0.2, 0.25) is 0 Å². The first-order chi connectivity index (χ1) is 11.0. The monoisotopic (exact) mass is 312 g/mol. The quantitative estimate of drug-likeness (QED) is 0.940. The summed E-state index contributed by atoms with van der Waals surface area (Å²) < 4.78 is 0. The van der Waals surface area contributed by atoms with E-state index in [4.69, 9.17) is 9.97 Å². The van der Waals surface area contributed by atoms with Crippen LogP contribution in [0.3, 0.4) is 0 Å². The highest BCUT2D eigenvalue weighted by molar-refractivity contribution is 5.82. The molecule has 0 amide bonds. The maximum atomic E-state index is 4.84. The summed E-state index contributed by atoms with van der Waals surface area (Å²) in [6.07, 6.45) is 3.59. The Balaban J connectivity index is 1.82. The van der Waals surface area contributed by atoms with Gasteiger partial charge in [-0.25, -0.2) is 9.97 Å². The van der Waals surface area contributed by atoms with Gasteiger partial charge in [0.05, 0.1) is 11.2 Å². The van der Waals surface area contributed by atoms with E-state index in [1.54, 1.807) is 0 Å². The second-order valence-electron chi connectivity index (χ2n) is 7.07. The van der Waals surface area contributed by atoms with E-state index >= 15 is 0 Å². The minimum atomic E-state index is 0.550. The van der Waals surface area contributed by atoms with Gasteiger partial charge < -0.3 is 10.2 Å². The van der Waals surface area contributed by atoms with Crippen LogP contribution in [0.1, 0.15) is 44.4 Å². The summed E-state index contributed by atoms with van der Waals surface area (Å²) in [6, 6.07) is 7.59. The Morgan fingerprint density at radius 3 is 2.74 bits per heavy atom. The first-order valence-corrected chi connectivity index (χ1v) is 8.79. The van der Waals surface area contributed by atoms with Gasteiger partial charge in [-0.15, -0.1) is 0 Å². The zero-order valence-electron chi connectivity index (χ0n) is 14.8. The molecule has 4 nitrogen and oxygen atoms in total. The van der Waals surface area contributed by atoms with Crippen molar-refractivity contribution in [2.24, 2.45) is 0 Å². The lowest BCUT2D eigenvalue weighted by Gasteiger charge is -2.22. The number of fused-ring (bicyclic) bond motifs is 1. The summed E-state index contributed by atoms with van der Waals surface area (Å²) in [5.41, 5.74) is 3.39. The summed E-state index contributed by atoms with van der Waals surface area (Å²) in [5.74, 6) is 0.894. The third-order valence-corrected chi connectivity index (χ3v) is 4.61. The number of hydrogen-bond donors (Lipinski definition) is 1. The molecule has 3 rings (SSSR count). The van der Waals surface area contributed by atoms with E-state index in [-0.39, 0.29) is 0 Å². The van der Waals surface area contributed by atoms with Crippen LogP contribution in [0.15, 0.2) is 18.2 Å². The van der Waals surface area contributed by atoms with Crippen LogP contribution in [0.5, 0.6) is 0 Å². The Hall–Kier alpha value is -1.68. The zero-order valence-corrected chi connectivity index (χ0v) is 14.8. The van der Waals surface area contributed by atoms with Crippen molar-refractivity contribution < 1.29 is 0 Å². The number of rotatable bonds is 3. The Bertz CT molecular complexity index is 680. The molecule has 124 valence electrons. The normalized spacial score (nSPS) is 19.3. The molecule has 4 heteroatoms. The average molecular weight is 312 g/mol. The predicted octanol–water partition coefficient (Wildman–Crippen LogP) is 3.60. The molecule has 1 atom stereocenters. The van der Waals surface area contributed by atoms with E-state index in [0.717, 1.165) is 42.1 Å². The van der Waals surface area contributed by atoms with Crippen molar-refractivity contribution in [2.45, 2.75) is 59.0 Å². The molecule has 1 aliphatic heterocycles. The maximum absolute atomic E-state index is 4.84. The van der Waals surface area contributed by atoms with E-state index in [1.165, 1.54) is 18.4 Å². The Morgan fingerprint density at radius 2 is 1.96 bits per heavy atom. The van der Waals surface area contributed by atoms with Crippen molar-refractivity contribution in [1.29, 1.82) is 0 Å². The van der Waals surface area contributed by atoms with Gasteiger partial charge in [0.25, 0.3) is 0 Å². The van der Waals surface area contributed by atoms with Gasteiger partial charge in [0.2, 0.25) is 5.95 Å². The van der Waals surface area contributed by atoms with Gasteiger partial charge in [-0.3, -0.25) is 0 Å². The summed E-state index contributed by atoms with van der Waals surface area (Å²) in [7, 11) is 0. The molecule has 0 radical (unpaired) electrons. The molecule has 1 saturated heterocycles. The van der Waals surface area contributed by atoms with Gasteiger partial charge in [-0.05, 0) is 44.7 Å². The zero-order chi connectivity index (χ0) is 16.4. The highest BCUT2D eigenvalue weighted by Gasteiger charge is 2.19. The van der Waals surface area contributed by atoms with Crippen molar-refractivity contribution in [3.8, 4) is 0 Å². The van der Waals surface area contributed by atoms with E-state index in [2.05, 4.69) is 56.1 Å². The molecule has 1 fully saturated rings. The summed E-state index contributed by atoms with van der Waals surface area (Å²) >= 11 is 0. The number of nitrogens with zero attached hydrogens (tertiary/aromatic N) is 3. The van der Waals surface area contributed by atoms with Crippen LogP contribution < -0.4 is 10.2 Å². The number of aryl methyl sites for hydroxylation is 2. The lowest BCUT2D eigenvalue weighted by atomic mass is 10.1. The van der Waals surface area contributed by atoms with Crippen LogP contribution in [-0.4, -0.2) is 35.1 Å². The molecule has 0 aliphatic carbocycles. The second-order valence-corrected chi connectivity index (χ2v) is 7.07. The van der Waals surface area contributed by atoms with Crippen molar-refractivity contribution in [1.82, 2.24) is 15.3 Å². The molecule has 0 saturated carbocycles. The highest BCUT2D eigenvalue weighted by atomic mass is 15.3. The molecule has 2 aromatic rings. The molecule has 1 aliphatic rings. The predicted molar refractivity (Wildman–Crippen MR) is 97.1 cm³/mol. The number of anilines is 1. The van der Waals surface area contributed by atoms with Crippen molar-refractivity contribution >= 4 is 16.9 Å². The number of hydrogen-bond acceptors (Lipinski definition) is 4. The van der Waals surface area contributed by atoms with Crippen LogP contribution >= 0.6 is 0 Å². The first-order valence-electron chi connectivity index (χ1n) is 8.79. The van der Waals surface area contributed by atoms with E-state index in [1.807, 2.05) is 0 Å². The fourth-order valence-corrected chi connectivity index (χ4v) is 3.46. The van der Waals surface area contributed by atoms with Gasteiger partial charge >= 0.3 is 0 Å². The molecule has 2 heterocycles. The fraction of sp³-hybridized carbons (Fsp3) is 0.579. The van der Waals surface area contributed by atoms with E-state index < -0.39 is 0 Å². The largest absolute Gasteiger partial charge is 0.341 e. The number of benzene rings is 1. The summed E-state index contributed by atoms with van der Waals surface area (Å²) in [4.78, 5) is 12.0. The van der Waals surface area contributed by atoms with Crippen LogP contribution in [-0.2, 0) is 0 Å². The number of aromatic nitrogens is 2. The second kappa shape index (κ2) is 6.83. The van der Waals surface area contributed by atoms with Crippen LogP contribution in [0.25, 0.3) is 10.9 Å². The van der Waals surface area contributed by atoms with Gasteiger partial charge in [-0.2, -0.15) is 0 Å². The molecule has 1 N–H and O–H groups in total. The van der Waals surface area contributed by atoms with Gasteiger partial charge in [0, 0.05) is 30.6 Å². The van der Waals surface area contributed by atoms with E-state index in [9.17, 15) is 0 Å². The minimum Gasteiger partial charge on any atom is -0.341 e. The lowest BCUT2D eigenvalue weighted by molar-refractivity contribution is 0.430. The smallest absolute Gasteiger partial charge is 0.226 e. The molecule has 1 aromatic carbocycles. The standard InChI is InChI=1S/C19H28N4/c1-13(2)20-16-6-5-10-23(11-9-16)19-21-15(4)17-8-7-14(3)12-18(17)22-19/h7-8,12-13,16,20H,5-6,9-11H2,1-4H3/t16-/m1/s1. The first kappa shape index (κ1) is 16.2. The average Bonchev–Trinajstić information content (AvgIpc) is 2.71. The van der Waals surface area contributed by atoms with Gasteiger partial charge in [0.15, 0.2) is 0 Å². The van der Waals surface area contributed by atoms with Crippen LogP contribution in [0.4, 0.5) is 5.95 Å². The van der Waals surface area contributed by atoms with Gasteiger partial charge in [-0.1, -0.05) is 26.0 Å². The number of nitrogens with one attached hydrogen (secondary N) is 1. The Kier molecular flexibility index (Phi) is 4.81. The van der Waals surface area contributed by atoms with E-state index in [0.29, 0.717) is 12.1 Å². The third kappa shape index (κ3) is 3.81.